The summed E-state index contributed by atoms with van der Waals surface area (Å²) in [5.41, 5.74) is 3.75. The summed E-state index contributed by atoms with van der Waals surface area (Å²) in [5.74, 6) is -0.597. The molecule has 4 aromatic rings. The van der Waals surface area contributed by atoms with Crippen molar-refractivity contribution in [1.29, 1.82) is 0 Å². The van der Waals surface area contributed by atoms with Crippen molar-refractivity contribution >= 4 is 27.6 Å². The van der Waals surface area contributed by atoms with Crippen LogP contribution in [0.2, 0.25) is 0 Å². The zero-order chi connectivity index (χ0) is 16.8. The summed E-state index contributed by atoms with van der Waals surface area (Å²) in [7, 11) is 1.97. The van der Waals surface area contributed by atoms with E-state index >= 15 is 0 Å². The quantitative estimate of drug-likeness (QED) is 0.354. The minimum Gasteiger partial charge on any atom is -0.453 e. The van der Waals surface area contributed by atoms with Crippen molar-refractivity contribution in [1.82, 2.24) is 0 Å². The largest absolute Gasteiger partial charge is 0.453 e. The first-order valence-electron chi connectivity index (χ1n) is 7.58. The van der Waals surface area contributed by atoms with Crippen molar-refractivity contribution in [3.63, 3.8) is 0 Å². The van der Waals surface area contributed by atoms with Crippen LogP contribution in [-0.2, 0) is 7.05 Å². The SMILES string of the molecule is [C-]#[N+]c1ccc2c(oc3c(-c4cccc[n+]4C)c(C)ccc32)c1F. The van der Waals surface area contributed by atoms with E-state index in [1.165, 1.54) is 6.07 Å². The van der Waals surface area contributed by atoms with Crippen LogP contribution in [-0.4, -0.2) is 0 Å². The van der Waals surface area contributed by atoms with Crippen LogP contribution in [0.3, 0.4) is 0 Å². The monoisotopic (exact) mass is 317 g/mol. The molecular weight excluding hydrogens is 303 g/mol. The second-order valence-corrected chi connectivity index (χ2v) is 5.82. The Labute approximate surface area is 138 Å². The number of halogens is 1. The lowest BCUT2D eigenvalue weighted by molar-refractivity contribution is -0.660. The van der Waals surface area contributed by atoms with E-state index in [1.807, 2.05) is 55.1 Å². The van der Waals surface area contributed by atoms with Gasteiger partial charge in [0.2, 0.25) is 11.4 Å². The summed E-state index contributed by atoms with van der Waals surface area (Å²) in [4.78, 5) is 3.21. The van der Waals surface area contributed by atoms with Gasteiger partial charge in [-0.2, -0.15) is 0 Å². The maximum atomic E-state index is 14.5. The van der Waals surface area contributed by atoms with E-state index in [1.54, 1.807) is 6.07 Å². The van der Waals surface area contributed by atoms with Gasteiger partial charge in [0.1, 0.15) is 12.6 Å². The van der Waals surface area contributed by atoms with Crippen molar-refractivity contribution in [2.24, 2.45) is 7.05 Å². The Bertz CT molecular complexity index is 1150. The number of nitrogens with zero attached hydrogens (tertiary/aromatic N) is 2. The van der Waals surface area contributed by atoms with Crippen molar-refractivity contribution in [3.05, 3.63) is 71.5 Å². The molecule has 2 heterocycles. The van der Waals surface area contributed by atoms with Gasteiger partial charge in [-0.15, -0.1) is 0 Å². The van der Waals surface area contributed by atoms with Gasteiger partial charge < -0.3 is 4.42 Å². The number of aryl methyl sites for hydroxylation is 2. The maximum Gasteiger partial charge on any atom is 0.225 e. The summed E-state index contributed by atoms with van der Waals surface area (Å²) in [6.45, 7) is 9.08. The molecule has 0 saturated heterocycles. The van der Waals surface area contributed by atoms with E-state index in [9.17, 15) is 4.39 Å². The third-order valence-corrected chi connectivity index (χ3v) is 4.37. The predicted octanol–water partition coefficient (Wildman–Crippen LogP) is 5.08. The number of furan rings is 1. The number of hydrogen-bond donors (Lipinski definition) is 0. The normalized spacial score (nSPS) is 11.1. The van der Waals surface area contributed by atoms with E-state index in [0.29, 0.717) is 11.0 Å². The molecule has 0 aliphatic carbocycles. The van der Waals surface area contributed by atoms with Crippen LogP contribution in [0.15, 0.2) is 53.1 Å². The van der Waals surface area contributed by atoms with Crippen LogP contribution < -0.4 is 4.57 Å². The lowest BCUT2D eigenvalue weighted by atomic mass is 10.0. The van der Waals surface area contributed by atoms with Crippen LogP contribution in [0.5, 0.6) is 0 Å². The number of fused-ring (bicyclic) bond motifs is 3. The van der Waals surface area contributed by atoms with Gasteiger partial charge in [0.25, 0.3) is 0 Å². The molecule has 0 radical (unpaired) electrons. The molecule has 2 aromatic heterocycles. The second-order valence-electron chi connectivity index (χ2n) is 5.82. The maximum absolute atomic E-state index is 14.5. The van der Waals surface area contributed by atoms with Gasteiger partial charge >= 0.3 is 0 Å². The van der Waals surface area contributed by atoms with Crippen molar-refractivity contribution in [2.75, 3.05) is 0 Å². The molecule has 0 amide bonds. The molecule has 2 aromatic carbocycles. The first kappa shape index (κ1) is 14.4. The summed E-state index contributed by atoms with van der Waals surface area (Å²) in [6, 6.07) is 13.1. The molecule has 24 heavy (non-hydrogen) atoms. The molecule has 0 bridgehead atoms. The molecule has 0 unspecified atom stereocenters. The predicted molar refractivity (Wildman–Crippen MR) is 91.3 cm³/mol. The molecule has 4 rings (SSSR count). The van der Waals surface area contributed by atoms with E-state index < -0.39 is 5.82 Å². The number of benzene rings is 2. The highest BCUT2D eigenvalue weighted by molar-refractivity contribution is 6.10. The molecular formula is C20H14FN2O+. The third-order valence-electron chi connectivity index (χ3n) is 4.37. The molecule has 0 aliphatic heterocycles. The molecule has 0 aliphatic rings. The van der Waals surface area contributed by atoms with Gasteiger partial charge in [-0.3, -0.25) is 0 Å². The summed E-state index contributed by atoms with van der Waals surface area (Å²) < 4.78 is 22.4. The van der Waals surface area contributed by atoms with Gasteiger partial charge in [-0.05, 0) is 18.6 Å². The fourth-order valence-corrected chi connectivity index (χ4v) is 3.15. The molecule has 0 fully saturated rings. The number of pyridine rings is 1. The molecule has 3 nitrogen and oxygen atoms in total. The summed E-state index contributed by atoms with van der Waals surface area (Å²) >= 11 is 0. The van der Waals surface area contributed by atoms with E-state index in [4.69, 9.17) is 11.0 Å². The van der Waals surface area contributed by atoms with Crippen LogP contribution in [0, 0.1) is 19.3 Å². The smallest absolute Gasteiger partial charge is 0.225 e. The van der Waals surface area contributed by atoms with Crippen molar-refractivity contribution in [3.8, 4) is 11.3 Å². The molecule has 0 spiro atoms. The fourth-order valence-electron chi connectivity index (χ4n) is 3.15. The molecule has 0 saturated carbocycles. The standard InChI is InChI=1S/C20H14FN2O/c1-12-7-8-13-14-9-10-15(22-2)18(21)20(14)24-19(13)17(12)16-6-4-5-11-23(16)3/h4-11H,1,3H3/q+1. The zero-order valence-corrected chi connectivity index (χ0v) is 13.3. The topological polar surface area (TPSA) is 21.4 Å². The zero-order valence-electron chi connectivity index (χ0n) is 13.3. The lowest BCUT2D eigenvalue weighted by Crippen LogP contribution is -2.30. The van der Waals surface area contributed by atoms with E-state index in [0.717, 1.165) is 22.2 Å². The highest BCUT2D eigenvalue weighted by Gasteiger charge is 2.22. The number of rotatable bonds is 1. The third kappa shape index (κ3) is 1.92. The Balaban J connectivity index is 2.17. The van der Waals surface area contributed by atoms with Crippen LogP contribution >= 0.6 is 0 Å². The highest BCUT2D eigenvalue weighted by Crippen LogP contribution is 2.39. The summed E-state index contributed by atoms with van der Waals surface area (Å²) in [5, 5.41) is 1.54. The Hall–Kier alpha value is -3.19. The number of aromatic nitrogens is 1. The minimum atomic E-state index is -0.597. The minimum absolute atomic E-state index is 0.0231. The molecule has 116 valence electrons. The van der Waals surface area contributed by atoms with Gasteiger partial charge in [0, 0.05) is 22.9 Å². The van der Waals surface area contributed by atoms with Crippen molar-refractivity contribution in [2.45, 2.75) is 6.92 Å². The number of hydrogen-bond acceptors (Lipinski definition) is 1. The Morgan fingerprint density at radius 1 is 1.04 bits per heavy atom. The van der Waals surface area contributed by atoms with Gasteiger partial charge in [0.05, 0.1) is 12.1 Å². The Morgan fingerprint density at radius 3 is 2.54 bits per heavy atom. The van der Waals surface area contributed by atoms with E-state index in [-0.39, 0.29) is 11.3 Å². The first-order valence-corrected chi connectivity index (χ1v) is 7.58. The van der Waals surface area contributed by atoms with Crippen LogP contribution in [0.4, 0.5) is 10.1 Å². The van der Waals surface area contributed by atoms with Gasteiger partial charge in [0.15, 0.2) is 17.6 Å². The second kappa shape index (κ2) is 5.17. The summed E-state index contributed by atoms with van der Waals surface area (Å²) in [6.07, 6.45) is 1.97. The van der Waals surface area contributed by atoms with Gasteiger partial charge in [-0.1, -0.05) is 24.3 Å². The van der Waals surface area contributed by atoms with Crippen molar-refractivity contribution < 1.29 is 13.4 Å². The van der Waals surface area contributed by atoms with Crippen LogP contribution in [0.1, 0.15) is 5.56 Å². The first-order chi connectivity index (χ1) is 11.6. The molecule has 0 N–H and O–H groups in total. The average Bonchev–Trinajstić information content (AvgIpc) is 2.96. The molecule has 4 heteroatoms. The van der Waals surface area contributed by atoms with E-state index in [2.05, 4.69) is 4.85 Å². The fraction of sp³-hybridized carbons (Fsp3) is 0.100. The van der Waals surface area contributed by atoms with Crippen LogP contribution in [0.25, 0.3) is 38.0 Å². The molecule has 0 atom stereocenters. The van der Waals surface area contributed by atoms with Gasteiger partial charge in [-0.25, -0.2) is 13.8 Å². The Kier molecular flexibility index (Phi) is 3.10. The Morgan fingerprint density at radius 2 is 1.79 bits per heavy atom. The highest BCUT2D eigenvalue weighted by atomic mass is 19.1. The average molecular weight is 317 g/mol. The lowest BCUT2D eigenvalue weighted by Gasteiger charge is -2.04.